The Morgan fingerprint density at radius 1 is 1.25 bits per heavy atom. The molecule has 5 nitrogen and oxygen atoms in total. The lowest BCUT2D eigenvalue weighted by atomic mass is 10.2. The minimum Gasteiger partial charge on any atom is -0.497 e. The fraction of sp³-hybridized carbons (Fsp3) is 0.409. The summed E-state index contributed by atoms with van der Waals surface area (Å²) in [5.74, 6) is 1.55. The molecule has 0 N–H and O–H groups in total. The summed E-state index contributed by atoms with van der Waals surface area (Å²) in [6, 6.07) is 10.2. The van der Waals surface area contributed by atoms with E-state index in [0.29, 0.717) is 12.5 Å². The second-order valence-electron chi connectivity index (χ2n) is 7.11. The van der Waals surface area contributed by atoms with Gasteiger partial charge >= 0.3 is 0 Å². The van der Waals surface area contributed by atoms with Crippen molar-refractivity contribution in [3.63, 3.8) is 0 Å². The Balaban J connectivity index is 0.00000225. The number of benzene rings is 1. The molecule has 1 aromatic carbocycles. The molecule has 3 heterocycles. The lowest BCUT2D eigenvalue weighted by molar-refractivity contribution is 0.0668. The summed E-state index contributed by atoms with van der Waals surface area (Å²) in [7, 11) is 1.69. The van der Waals surface area contributed by atoms with E-state index in [1.54, 1.807) is 7.11 Å². The molecule has 4 rings (SSSR count). The zero-order valence-corrected chi connectivity index (χ0v) is 17.4. The average molecular weight is 403 g/mol. The van der Waals surface area contributed by atoms with E-state index in [4.69, 9.17) is 14.2 Å². The Labute approximate surface area is 172 Å². The third-order valence-electron chi connectivity index (χ3n) is 5.42. The molecular weight excluding hydrogens is 376 g/mol. The maximum Gasteiger partial charge on any atom is 0.238 e. The first-order valence-corrected chi connectivity index (χ1v) is 9.49. The largest absolute Gasteiger partial charge is 0.497 e. The number of ether oxygens (including phenoxy) is 3. The van der Waals surface area contributed by atoms with Crippen molar-refractivity contribution in [2.75, 3.05) is 20.3 Å². The van der Waals surface area contributed by atoms with Gasteiger partial charge in [-0.25, -0.2) is 4.98 Å². The zero-order chi connectivity index (χ0) is 18.8. The molecule has 0 spiro atoms. The molecule has 0 saturated carbocycles. The number of aromatic nitrogens is 2. The van der Waals surface area contributed by atoms with Gasteiger partial charge in [-0.15, -0.1) is 12.4 Å². The number of hydrogen-bond acceptors (Lipinski definition) is 4. The Hall–Kier alpha value is -2.24. The normalized spacial score (nSPS) is 16.2. The molecule has 1 fully saturated rings. The van der Waals surface area contributed by atoms with E-state index in [9.17, 15) is 0 Å². The third kappa shape index (κ3) is 3.96. The summed E-state index contributed by atoms with van der Waals surface area (Å²) in [6.07, 6.45) is 4.16. The van der Waals surface area contributed by atoms with Gasteiger partial charge in [0.1, 0.15) is 17.9 Å². The minimum atomic E-state index is 0. The van der Waals surface area contributed by atoms with Gasteiger partial charge in [0.15, 0.2) is 0 Å². The van der Waals surface area contributed by atoms with Crippen molar-refractivity contribution in [3.8, 4) is 11.6 Å². The van der Waals surface area contributed by atoms with E-state index in [-0.39, 0.29) is 18.5 Å². The van der Waals surface area contributed by atoms with Crippen molar-refractivity contribution >= 4 is 23.3 Å². The average Bonchev–Trinajstić information content (AvgIpc) is 3.30. The van der Waals surface area contributed by atoms with Gasteiger partial charge in [0, 0.05) is 30.4 Å². The predicted octanol–water partition coefficient (Wildman–Crippen LogP) is 4.69. The first kappa shape index (κ1) is 20.5. The number of nitrogens with zero attached hydrogens (tertiary/aromatic N) is 2. The fourth-order valence-corrected chi connectivity index (χ4v) is 3.77. The van der Waals surface area contributed by atoms with Gasteiger partial charge in [0.2, 0.25) is 5.88 Å². The molecule has 6 heteroatoms. The Kier molecular flexibility index (Phi) is 6.47. The van der Waals surface area contributed by atoms with Crippen LogP contribution in [0.2, 0.25) is 0 Å². The van der Waals surface area contributed by atoms with Crippen molar-refractivity contribution in [2.24, 2.45) is 0 Å². The van der Waals surface area contributed by atoms with Crippen molar-refractivity contribution in [1.82, 2.24) is 9.55 Å². The molecule has 1 saturated heterocycles. The molecule has 3 aromatic rings. The van der Waals surface area contributed by atoms with Gasteiger partial charge in [0.25, 0.3) is 0 Å². The number of pyridine rings is 1. The van der Waals surface area contributed by atoms with Gasteiger partial charge in [0.05, 0.1) is 13.2 Å². The number of hydrogen-bond donors (Lipinski definition) is 0. The number of halogens is 1. The maximum atomic E-state index is 6.11. The predicted molar refractivity (Wildman–Crippen MR) is 113 cm³/mol. The monoisotopic (exact) mass is 402 g/mol. The number of aryl methyl sites for hydroxylation is 1. The summed E-state index contributed by atoms with van der Waals surface area (Å²) in [5.41, 5.74) is 4.72. The molecule has 2 aromatic heterocycles. The highest BCUT2D eigenvalue weighted by Gasteiger charge is 2.20. The number of methoxy groups -OCH3 is 1. The highest BCUT2D eigenvalue weighted by molar-refractivity contribution is 5.89. The van der Waals surface area contributed by atoms with Crippen LogP contribution in [-0.2, 0) is 11.3 Å². The van der Waals surface area contributed by atoms with Crippen molar-refractivity contribution < 1.29 is 14.2 Å². The molecule has 0 amide bonds. The van der Waals surface area contributed by atoms with E-state index < -0.39 is 0 Å². The topological polar surface area (TPSA) is 45.5 Å². The van der Waals surface area contributed by atoms with Crippen LogP contribution in [0.5, 0.6) is 11.6 Å². The quantitative estimate of drug-likeness (QED) is 0.600. The van der Waals surface area contributed by atoms with Gasteiger partial charge < -0.3 is 18.8 Å². The summed E-state index contributed by atoms with van der Waals surface area (Å²) in [5, 5.41) is 1.19. The molecule has 1 aliphatic heterocycles. The first-order valence-electron chi connectivity index (χ1n) is 9.49. The minimum absolute atomic E-state index is 0. The molecule has 0 aliphatic carbocycles. The number of rotatable bonds is 6. The molecule has 28 heavy (non-hydrogen) atoms. The number of fused-ring (bicyclic) bond motifs is 1. The van der Waals surface area contributed by atoms with Crippen LogP contribution >= 0.6 is 12.4 Å². The van der Waals surface area contributed by atoms with Crippen molar-refractivity contribution in [3.05, 3.63) is 53.3 Å². The van der Waals surface area contributed by atoms with Gasteiger partial charge in [-0.2, -0.15) is 0 Å². The second kappa shape index (κ2) is 8.84. The Morgan fingerprint density at radius 3 is 2.86 bits per heavy atom. The van der Waals surface area contributed by atoms with Crippen LogP contribution in [0.4, 0.5) is 0 Å². The second-order valence-corrected chi connectivity index (χ2v) is 7.11. The van der Waals surface area contributed by atoms with Gasteiger partial charge in [-0.3, -0.25) is 0 Å². The van der Waals surface area contributed by atoms with Crippen LogP contribution in [0.1, 0.15) is 29.7 Å². The fourth-order valence-electron chi connectivity index (χ4n) is 3.77. The zero-order valence-electron chi connectivity index (χ0n) is 16.6. The molecule has 150 valence electrons. The van der Waals surface area contributed by atoms with Gasteiger partial charge in [-0.1, -0.05) is 12.1 Å². The van der Waals surface area contributed by atoms with E-state index in [0.717, 1.165) is 37.3 Å². The molecule has 1 atom stereocenters. The summed E-state index contributed by atoms with van der Waals surface area (Å²) >= 11 is 0. The van der Waals surface area contributed by atoms with E-state index in [2.05, 4.69) is 41.6 Å². The van der Waals surface area contributed by atoms with Gasteiger partial charge in [-0.05, 0) is 56.0 Å². The smallest absolute Gasteiger partial charge is 0.238 e. The van der Waals surface area contributed by atoms with E-state index in [1.165, 1.54) is 22.2 Å². The van der Waals surface area contributed by atoms with E-state index >= 15 is 0 Å². The van der Waals surface area contributed by atoms with E-state index in [1.807, 2.05) is 18.3 Å². The Morgan fingerprint density at radius 2 is 2.11 bits per heavy atom. The standard InChI is InChI=1S/C22H26N2O3.ClH/c1-15-16(2)24(13-17-6-4-7-18(12-17)25-3)21-20(15)9-10-23-22(21)27-14-19-8-5-11-26-19;/h4,6-7,9-10,12,19H,5,8,11,13-14H2,1-3H3;1H. The molecule has 0 radical (unpaired) electrons. The van der Waals surface area contributed by atoms with Crippen molar-refractivity contribution in [2.45, 2.75) is 39.3 Å². The van der Waals surface area contributed by atoms with Crippen LogP contribution in [0.3, 0.4) is 0 Å². The van der Waals surface area contributed by atoms with Crippen LogP contribution < -0.4 is 9.47 Å². The van der Waals surface area contributed by atoms with Crippen LogP contribution in [-0.4, -0.2) is 36.0 Å². The summed E-state index contributed by atoms with van der Waals surface area (Å²) in [4.78, 5) is 4.53. The molecule has 1 aliphatic rings. The molecular formula is C22H27ClN2O3. The van der Waals surface area contributed by atoms with Crippen molar-refractivity contribution in [1.29, 1.82) is 0 Å². The lowest BCUT2D eigenvalue weighted by Gasteiger charge is -2.14. The maximum absolute atomic E-state index is 6.11. The van der Waals surface area contributed by atoms with Crippen LogP contribution in [0.15, 0.2) is 36.5 Å². The third-order valence-corrected chi connectivity index (χ3v) is 5.42. The highest BCUT2D eigenvalue weighted by Crippen LogP contribution is 2.32. The van der Waals surface area contributed by atoms with Crippen LogP contribution in [0, 0.1) is 13.8 Å². The SMILES string of the molecule is COc1cccc(Cn2c(C)c(C)c3ccnc(OCC4CCCO4)c32)c1.Cl. The lowest BCUT2D eigenvalue weighted by Crippen LogP contribution is -2.17. The molecule has 1 unspecified atom stereocenters. The van der Waals surface area contributed by atoms with Crippen LogP contribution in [0.25, 0.3) is 10.9 Å². The molecule has 0 bridgehead atoms. The highest BCUT2D eigenvalue weighted by atomic mass is 35.5. The summed E-state index contributed by atoms with van der Waals surface area (Å²) in [6.45, 7) is 6.43. The first-order chi connectivity index (χ1) is 13.2. The summed E-state index contributed by atoms with van der Waals surface area (Å²) < 4.78 is 19.5. The Bertz CT molecular complexity index is 948.